The van der Waals surface area contributed by atoms with Gasteiger partial charge in [0.15, 0.2) is 0 Å². The third kappa shape index (κ3) is 2.18. The summed E-state index contributed by atoms with van der Waals surface area (Å²) in [7, 11) is 0. The highest BCUT2D eigenvalue weighted by molar-refractivity contribution is 4.94. The van der Waals surface area contributed by atoms with Crippen LogP contribution in [-0.2, 0) is 4.74 Å². The molecule has 1 aliphatic rings. The fraction of sp³-hybridized carbons (Fsp3) is 0.875. The second-order valence-electron chi connectivity index (χ2n) is 3.18. The van der Waals surface area contributed by atoms with Crippen molar-refractivity contribution in [3.8, 4) is 0 Å². The summed E-state index contributed by atoms with van der Waals surface area (Å²) in [5.41, 5.74) is 0. The van der Waals surface area contributed by atoms with Gasteiger partial charge in [0.1, 0.15) is 31.0 Å². The topological polar surface area (TPSA) is 90.2 Å². The molecule has 0 amide bonds. The molecule has 13 heavy (non-hydrogen) atoms. The number of aliphatic hydroxyl groups excluding tert-OH is 4. The predicted octanol–water partition coefficient (Wildman–Crippen LogP) is -1.60. The van der Waals surface area contributed by atoms with Crippen molar-refractivity contribution in [2.45, 2.75) is 43.9 Å². The van der Waals surface area contributed by atoms with Gasteiger partial charge in [0.05, 0.1) is 6.10 Å². The van der Waals surface area contributed by atoms with Crippen LogP contribution in [0.25, 0.3) is 0 Å². The lowest BCUT2D eigenvalue weighted by atomic mass is 9.95. The third-order valence-corrected chi connectivity index (χ3v) is 2.21. The van der Waals surface area contributed by atoms with Crippen molar-refractivity contribution in [3.05, 3.63) is 6.61 Å². The zero-order valence-corrected chi connectivity index (χ0v) is 7.37. The van der Waals surface area contributed by atoms with E-state index in [1.54, 1.807) is 6.92 Å². The highest BCUT2D eigenvalue weighted by Gasteiger charge is 2.40. The zero-order valence-electron chi connectivity index (χ0n) is 7.37. The highest BCUT2D eigenvalue weighted by atomic mass is 16.5. The van der Waals surface area contributed by atoms with E-state index < -0.39 is 30.5 Å². The first-order chi connectivity index (χ1) is 6.07. The van der Waals surface area contributed by atoms with Crippen LogP contribution in [0, 0.1) is 6.61 Å². The van der Waals surface area contributed by atoms with Crippen LogP contribution in [0.3, 0.4) is 0 Å². The quantitative estimate of drug-likeness (QED) is 0.422. The van der Waals surface area contributed by atoms with E-state index in [2.05, 4.69) is 0 Å². The smallest absolute Gasteiger partial charge is 0.115 e. The van der Waals surface area contributed by atoms with Crippen LogP contribution < -0.4 is 0 Å². The van der Waals surface area contributed by atoms with Gasteiger partial charge in [-0.3, -0.25) is 0 Å². The number of ether oxygens (including phenoxy) is 1. The van der Waals surface area contributed by atoms with E-state index in [1.165, 1.54) is 0 Å². The minimum absolute atomic E-state index is 0.415. The van der Waals surface area contributed by atoms with E-state index in [9.17, 15) is 15.3 Å². The normalized spacial score (nSPS) is 43.2. The minimum atomic E-state index is -1.29. The number of hydrogen-bond donors (Lipinski definition) is 4. The number of hydrogen-bond acceptors (Lipinski definition) is 5. The number of aliphatic hydroxyl groups is 4. The van der Waals surface area contributed by atoms with Crippen LogP contribution >= 0.6 is 0 Å². The molecular weight excluding hydrogens is 176 g/mol. The zero-order chi connectivity index (χ0) is 10.0. The molecule has 1 rings (SSSR count). The third-order valence-electron chi connectivity index (χ3n) is 2.21. The Kier molecular flexibility index (Phi) is 3.63. The van der Waals surface area contributed by atoms with Gasteiger partial charge >= 0.3 is 0 Å². The van der Waals surface area contributed by atoms with Crippen LogP contribution in [0.15, 0.2) is 0 Å². The second-order valence-corrected chi connectivity index (χ2v) is 3.18. The summed E-state index contributed by atoms with van der Waals surface area (Å²) in [6.07, 6.45) is -5.03. The molecule has 5 heteroatoms. The fourth-order valence-electron chi connectivity index (χ4n) is 1.28. The van der Waals surface area contributed by atoms with Gasteiger partial charge in [0.2, 0.25) is 0 Å². The van der Waals surface area contributed by atoms with Crippen LogP contribution in [-0.4, -0.2) is 50.9 Å². The summed E-state index contributed by atoms with van der Waals surface area (Å²) >= 11 is 0. The molecule has 0 aliphatic carbocycles. The Hall–Kier alpha value is -0.200. The second kappa shape index (κ2) is 4.34. The molecule has 1 fully saturated rings. The lowest BCUT2D eigenvalue weighted by Crippen LogP contribution is -2.54. The minimum Gasteiger partial charge on any atom is -0.390 e. The molecular formula is C8H15O5. The average Bonchev–Trinajstić information content (AvgIpc) is 2.13. The Morgan fingerprint density at radius 3 is 2.46 bits per heavy atom. The van der Waals surface area contributed by atoms with Gasteiger partial charge in [0, 0.05) is 0 Å². The van der Waals surface area contributed by atoms with Crippen molar-refractivity contribution in [1.29, 1.82) is 0 Å². The molecule has 0 bridgehead atoms. The molecule has 0 aromatic rings. The van der Waals surface area contributed by atoms with Crippen molar-refractivity contribution in [3.63, 3.8) is 0 Å². The van der Waals surface area contributed by atoms with E-state index in [0.29, 0.717) is 6.42 Å². The number of rotatable bonds is 2. The molecule has 1 unspecified atom stereocenters. The lowest BCUT2D eigenvalue weighted by Gasteiger charge is -2.36. The summed E-state index contributed by atoms with van der Waals surface area (Å²) in [5.74, 6) is 0. The van der Waals surface area contributed by atoms with Gasteiger partial charge in [-0.05, 0) is 6.42 Å². The maximum absolute atomic E-state index is 9.39. The first-order valence-electron chi connectivity index (χ1n) is 4.29. The Morgan fingerprint density at radius 2 is 1.92 bits per heavy atom. The first-order valence-corrected chi connectivity index (χ1v) is 4.29. The average molecular weight is 191 g/mol. The van der Waals surface area contributed by atoms with E-state index in [0.717, 1.165) is 6.61 Å². The molecule has 4 N–H and O–H groups in total. The molecule has 5 atom stereocenters. The molecule has 5 nitrogen and oxygen atoms in total. The van der Waals surface area contributed by atoms with Gasteiger partial charge in [-0.25, -0.2) is 0 Å². The van der Waals surface area contributed by atoms with Gasteiger partial charge in [-0.1, -0.05) is 6.92 Å². The largest absolute Gasteiger partial charge is 0.390 e. The molecule has 1 radical (unpaired) electrons. The maximum Gasteiger partial charge on any atom is 0.115 e. The van der Waals surface area contributed by atoms with Gasteiger partial charge in [-0.15, -0.1) is 0 Å². The van der Waals surface area contributed by atoms with E-state index in [4.69, 9.17) is 9.84 Å². The van der Waals surface area contributed by atoms with Gasteiger partial charge < -0.3 is 25.2 Å². The highest BCUT2D eigenvalue weighted by Crippen LogP contribution is 2.21. The first kappa shape index (κ1) is 10.9. The van der Waals surface area contributed by atoms with E-state index in [-0.39, 0.29) is 0 Å². The van der Waals surface area contributed by atoms with E-state index >= 15 is 0 Å². The molecule has 0 spiro atoms. The van der Waals surface area contributed by atoms with Crippen LogP contribution in [0.5, 0.6) is 0 Å². The predicted molar refractivity (Wildman–Crippen MR) is 43.5 cm³/mol. The molecule has 0 aromatic carbocycles. The Balaban J connectivity index is 2.58. The standard InChI is InChI=1S/C8H15O5/c1-2-4(9)8-7(12)6(11)5(10)3-13-8/h3-12H,2H2,1H3/t4?,5-,6+,7-,8+/m0/s1. The van der Waals surface area contributed by atoms with E-state index in [1.807, 2.05) is 0 Å². The Morgan fingerprint density at radius 1 is 1.31 bits per heavy atom. The van der Waals surface area contributed by atoms with Crippen molar-refractivity contribution in [2.75, 3.05) is 0 Å². The summed E-state index contributed by atoms with van der Waals surface area (Å²) in [4.78, 5) is 0. The molecule has 0 aromatic heterocycles. The fourth-order valence-corrected chi connectivity index (χ4v) is 1.28. The Bertz CT molecular complexity index is 163. The van der Waals surface area contributed by atoms with Crippen molar-refractivity contribution in [2.24, 2.45) is 0 Å². The van der Waals surface area contributed by atoms with Crippen molar-refractivity contribution >= 4 is 0 Å². The van der Waals surface area contributed by atoms with Crippen LogP contribution in [0.4, 0.5) is 0 Å². The van der Waals surface area contributed by atoms with Crippen molar-refractivity contribution in [1.82, 2.24) is 0 Å². The maximum atomic E-state index is 9.39. The molecule has 1 heterocycles. The summed E-state index contributed by atoms with van der Waals surface area (Å²) < 4.78 is 4.89. The summed E-state index contributed by atoms with van der Waals surface area (Å²) in [5, 5.41) is 37.0. The molecule has 77 valence electrons. The van der Waals surface area contributed by atoms with Crippen LogP contribution in [0.2, 0.25) is 0 Å². The lowest BCUT2D eigenvalue weighted by molar-refractivity contribution is -0.186. The van der Waals surface area contributed by atoms with Crippen LogP contribution in [0.1, 0.15) is 13.3 Å². The Labute approximate surface area is 76.6 Å². The molecule has 0 saturated carbocycles. The molecule has 1 saturated heterocycles. The monoisotopic (exact) mass is 191 g/mol. The SMILES string of the molecule is CCC(O)[C@H]1O[CH][C@H](O)[C@@H](O)[C@@H]1O. The molecule has 1 aliphatic heterocycles. The summed E-state index contributed by atoms with van der Waals surface area (Å²) in [6.45, 7) is 2.76. The van der Waals surface area contributed by atoms with Crippen molar-refractivity contribution < 1.29 is 25.2 Å². The summed E-state index contributed by atoms with van der Waals surface area (Å²) in [6, 6.07) is 0. The van der Waals surface area contributed by atoms with Gasteiger partial charge in [-0.2, -0.15) is 0 Å². The van der Waals surface area contributed by atoms with Gasteiger partial charge in [0.25, 0.3) is 0 Å².